The number of nitriles is 1. The molecule has 0 unspecified atom stereocenters. The molecule has 1 aromatic carbocycles. The van der Waals surface area contributed by atoms with Crippen LogP contribution in [0.25, 0.3) is 0 Å². The molecule has 0 radical (unpaired) electrons. The molecule has 0 saturated heterocycles. The zero-order valence-corrected chi connectivity index (χ0v) is 12.4. The van der Waals surface area contributed by atoms with Gasteiger partial charge in [0, 0.05) is 17.6 Å². The summed E-state index contributed by atoms with van der Waals surface area (Å²) < 4.78 is 13.7. The molecule has 0 atom stereocenters. The lowest BCUT2D eigenvalue weighted by molar-refractivity contribution is 0.501. The molecule has 4 nitrogen and oxygen atoms in total. The Morgan fingerprint density at radius 1 is 1.40 bits per heavy atom. The van der Waals surface area contributed by atoms with Crippen LogP contribution >= 0.6 is 0 Å². The van der Waals surface area contributed by atoms with Crippen LogP contribution in [0.1, 0.15) is 38.8 Å². The van der Waals surface area contributed by atoms with E-state index in [1.54, 1.807) is 0 Å². The third kappa shape index (κ3) is 5.27. The van der Waals surface area contributed by atoms with Crippen molar-refractivity contribution >= 4 is 5.96 Å². The van der Waals surface area contributed by atoms with Gasteiger partial charge in [0.2, 0.25) is 0 Å². The summed E-state index contributed by atoms with van der Waals surface area (Å²) in [5, 5.41) is 15.2. The Kier molecular flexibility index (Phi) is 5.51. The van der Waals surface area contributed by atoms with E-state index in [2.05, 4.69) is 15.6 Å². The van der Waals surface area contributed by atoms with E-state index in [4.69, 9.17) is 5.26 Å². The molecule has 0 aliphatic heterocycles. The molecule has 0 aromatic heterocycles. The predicted octanol–water partition coefficient (Wildman–Crippen LogP) is 2.55. The Labute approximate surface area is 119 Å². The number of hydrogen-bond acceptors (Lipinski definition) is 2. The smallest absolute Gasteiger partial charge is 0.191 e. The van der Waals surface area contributed by atoms with Crippen molar-refractivity contribution in [2.24, 2.45) is 4.99 Å². The molecular formula is C15H21FN4. The third-order valence-corrected chi connectivity index (χ3v) is 2.42. The van der Waals surface area contributed by atoms with E-state index >= 15 is 0 Å². The van der Waals surface area contributed by atoms with Gasteiger partial charge < -0.3 is 10.6 Å². The maximum absolute atomic E-state index is 13.7. The summed E-state index contributed by atoms with van der Waals surface area (Å²) in [6.45, 7) is 8.95. The number of nitrogens with zero attached hydrogens (tertiary/aromatic N) is 2. The van der Waals surface area contributed by atoms with Crippen molar-refractivity contribution in [3.05, 3.63) is 35.1 Å². The average Bonchev–Trinajstić information content (AvgIpc) is 2.36. The largest absolute Gasteiger partial charge is 0.357 e. The van der Waals surface area contributed by atoms with Crippen molar-refractivity contribution < 1.29 is 4.39 Å². The summed E-state index contributed by atoms with van der Waals surface area (Å²) in [4.78, 5) is 4.35. The van der Waals surface area contributed by atoms with E-state index in [-0.39, 0.29) is 17.9 Å². The summed E-state index contributed by atoms with van der Waals surface area (Å²) in [7, 11) is 0. The first-order valence-corrected chi connectivity index (χ1v) is 6.60. The molecule has 0 heterocycles. The summed E-state index contributed by atoms with van der Waals surface area (Å²) >= 11 is 0. The Morgan fingerprint density at radius 3 is 2.65 bits per heavy atom. The SMILES string of the molecule is CCNC(=NCc1cc(C#N)ccc1F)NC(C)(C)C. The van der Waals surface area contributed by atoms with Crippen LogP contribution in [0.4, 0.5) is 4.39 Å². The first kappa shape index (κ1) is 16.0. The summed E-state index contributed by atoms with van der Waals surface area (Å²) in [6, 6.07) is 6.29. The van der Waals surface area contributed by atoms with Crippen LogP contribution in [0.15, 0.2) is 23.2 Å². The Hall–Kier alpha value is -2.09. The van der Waals surface area contributed by atoms with Crippen LogP contribution in [0.5, 0.6) is 0 Å². The molecule has 0 aliphatic carbocycles. The first-order valence-electron chi connectivity index (χ1n) is 6.60. The third-order valence-electron chi connectivity index (χ3n) is 2.42. The van der Waals surface area contributed by atoms with Crippen molar-refractivity contribution in [2.75, 3.05) is 6.54 Å². The van der Waals surface area contributed by atoms with Gasteiger partial charge in [-0.3, -0.25) is 0 Å². The topological polar surface area (TPSA) is 60.2 Å². The highest BCUT2D eigenvalue weighted by Crippen LogP contribution is 2.11. The minimum atomic E-state index is -0.348. The second-order valence-corrected chi connectivity index (χ2v) is 5.49. The van der Waals surface area contributed by atoms with Gasteiger partial charge >= 0.3 is 0 Å². The summed E-state index contributed by atoms with van der Waals surface area (Å²) in [5.41, 5.74) is 0.717. The first-order chi connectivity index (χ1) is 9.35. The number of aliphatic imine (C=N–C) groups is 1. The number of hydrogen-bond donors (Lipinski definition) is 2. The van der Waals surface area contributed by atoms with E-state index in [1.165, 1.54) is 18.2 Å². The molecule has 0 bridgehead atoms. The molecule has 0 aliphatic rings. The lowest BCUT2D eigenvalue weighted by Gasteiger charge is -2.23. The monoisotopic (exact) mass is 276 g/mol. The van der Waals surface area contributed by atoms with Gasteiger partial charge in [0.05, 0.1) is 18.2 Å². The van der Waals surface area contributed by atoms with Gasteiger partial charge in [0.15, 0.2) is 5.96 Å². The number of halogens is 1. The molecule has 5 heteroatoms. The van der Waals surface area contributed by atoms with E-state index in [0.29, 0.717) is 17.1 Å². The van der Waals surface area contributed by atoms with E-state index < -0.39 is 0 Å². The van der Waals surface area contributed by atoms with Crippen LogP contribution in [-0.2, 0) is 6.54 Å². The van der Waals surface area contributed by atoms with Gasteiger partial charge in [-0.2, -0.15) is 5.26 Å². The summed E-state index contributed by atoms with van der Waals surface area (Å²) in [6.07, 6.45) is 0. The predicted molar refractivity (Wildman–Crippen MR) is 78.8 cm³/mol. The molecule has 108 valence electrons. The number of nitrogens with one attached hydrogen (secondary N) is 2. The van der Waals surface area contributed by atoms with Gasteiger partial charge in [0.1, 0.15) is 5.82 Å². The zero-order chi connectivity index (χ0) is 15.2. The lowest BCUT2D eigenvalue weighted by atomic mass is 10.1. The molecule has 0 fully saturated rings. The number of guanidine groups is 1. The molecule has 20 heavy (non-hydrogen) atoms. The zero-order valence-electron chi connectivity index (χ0n) is 12.4. The van der Waals surface area contributed by atoms with Crippen molar-refractivity contribution in [1.29, 1.82) is 5.26 Å². The Bertz CT molecular complexity index is 524. The fourth-order valence-electron chi connectivity index (χ4n) is 1.59. The highest BCUT2D eigenvalue weighted by Gasteiger charge is 2.12. The lowest BCUT2D eigenvalue weighted by Crippen LogP contribution is -2.47. The second kappa shape index (κ2) is 6.90. The quantitative estimate of drug-likeness (QED) is 0.659. The van der Waals surface area contributed by atoms with Gasteiger partial charge in [-0.1, -0.05) is 0 Å². The molecule has 1 rings (SSSR count). The van der Waals surface area contributed by atoms with Crippen LogP contribution in [0.3, 0.4) is 0 Å². The molecule has 0 spiro atoms. The van der Waals surface area contributed by atoms with Gasteiger partial charge in [-0.05, 0) is 45.9 Å². The standard InChI is InChI=1S/C15H21FN4/c1-5-18-14(20-15(2,3)4)19-10-12-8-11(9-17)6-7-13(12)16/h6-8H,5,10H2,1-4H3,(H2,18,19,20). The molecule has 0 amide bonds. The van der Waals surface area contributed by atoms with E-state index in [1.807, 2.05) is 33.8 Å². The van der Waals surface area contributed by atoms with E-state index in [0.717, 1.165) is 6.54 Å². The van der Waals surface area contributed by atoms with Crippen LogP contribution < -0.4 is 10.6 Å². The Morgan fingerprint density at radius 2 is 2.10 bits per heavy atom. The maximum atomic E-state index is 13.7. The Balaban J connectivity index is 2.89. The minimum Gasteiger partial charge on any atom is -0.357 e. The molecule has 0 saturated carbocycles. The van der Waals surface area contributed by atoms with Gasteiger partial charge in [0.25, 0.3) is 0 Å². The summed E-state index contributed by atoms with van der Waals surface area (Å²) in [5.74, 6) is 0.279. The molecular weight excluding hydrogens is 255 g/mol. The fourth-order valence-corrected chi connectivity index (χ4v) is 1.59. The van der Waals surface area contributed by atoms with Crippen molar-refractivity contribution in [1.82, 2.24) is 10.6 Å². The minimum absolute atomic E-state index is 0.131. The number of rotatable bonds is 3. The highest BCUT2D eigenvalue weighted by molar-refractivity contribution is 5.80. The molecule has 2 N–H and O–H groups in total. The highest BCUT2D eigenvalue weighted by atomic mass is 19.1. The van der Waals surface area contributed by atoms with Crippen molar-refractivity contribution in [3.8, 4) is 6.07 Å². The van der Waals surface area contributed by atoms with Gasteiger partial charge in [-0.25, -0.2) is 9.38 Å². The van der Waals surface area contributed by atoms with Crippen LogP contribution in [0, 0.1) is 17.1 Å². The second-order valence-electron chi connectivity index (χ2n) is 5.49. The average molecular weight is 276 g/mol. The number of benzene rings is 1. The fraction of sp³-hybridized carbons (Fsp3) is 0.467. The normalized spacial score (nSPS) is 11.9. The van der Waals surface area contributed by atoms with Crippen molar-refractivity contribution in [2.45, 2.75) is 39.8 Å². The molecule has 1 aromatic rings. The maximum Gasteiger partial charge on any atom is 0.191 e. The van der Waals surface area contributed by atoms with E-state index in [9.17, 15) is 4.39 Å². The van der Waals surface area contributed by atoms with Crippen LogP contribution in [-0.4, -0.2) is 18.0 Å². The van der Waals surface area contributed by atoms with Crippen LogP contribution in [0.2, 0.25) is 0 Å². The van der Waals surface area contributed by atoms with Gasteiger partial charge in [-0.15, -0.1) is 0 Å². The van der Waals surface area contributed by atoms with Crippen molar-refractivity contribution in [3.63, 3.8) is 0 Å².